The van der Waals surface area contributed by atoms with Gasteiger partial charge in [0.1, 0.15) is 11.6 Å². The summed E-state index contributed by atoms with van der Waals surface area (Å²) in [5.74, 6) is -1.51. The van der Waals surface area contributed by atoms with Crippen molar-refractivity contribution in [2.45, 2.75) is 38.6 Å². The fourth-order valence-electron chi connectivity index (χ4n) is 3.24. The molecule has 3 N–H and O–H groups in total. The summed E-state index contributed by atoms with van der Waals surface area (Å²) in [4.78, 5) is 38.8. The van der Waals surface area contributed by atoms with E-state index in [2.05, 4.69) is 5.32 Å². The van der Waals surface area contributed by atoms with E-state index in [1.54, 1.807) is 6.92 Å². The van der Waals surface area contributed by atoms with Crippen molar-refractivity contribution in [2.24, 2.45) is 5.73 Å². The maximum atomic E-state index is 12.5. The molecule has 1 aromatic rings. The van der Waals surface area contributed by atoms with Crippen molar-refractivity contribution in [3.05, 3.63) is 16.0 Å². The zero-order valence-electron chi connectivity index (χ0n) is 16.0. The molecule has 0 bridgehead atoms. The van der Waals surface area contributed by atoms with Crippen molar-refractivity contribution in [1.82, 2.24) is 4.90 Å². The number of likely N-dealkylation sites (N-methyl/N-ethyl adjacent to an activating group) is 1. The Morgan fingerprint density at radius 1 is 1.26 bits per heavy atom. The first-order valence-corrected chi connectivity index (χ1v) is 9.76. The van der Waals surface area contributed by atoms with Crippen molar-refractivity contribution in [2.75, 3.05) is 39.2 Å². The molecule has 2 amide bonds. The van der Waals surface area contributed by atoms with Gasteiger partial charge in [0.15, 0.2) is 0 Å². The first-order chi connectivity index (χ1) is 12.8. The number of nitrogens with two attached hydrogens (primary N) is 1. The summed E-state index contributed by atoms with van der Waals surface area (Å²) in [7, 11) is 3.42. The van der Waals surface area contributed by atoms with Gasteiger partial charge in [-0.05, 0) is 32.4 Å². The van der Waals surface area contributed by atoms with Gasteiger partial charge in [0.05, 0.1) is 23.6 Å². The number of amides is 2. The summed E-state index contributed by atoms with van der Waals surface area (Å²) >= 11 is 0.992. The lowest BCUT2D eigenvalue weighted by molar-refractivity contribution is -0.117. The van der Waals surface area contributed by atoms with Gasteiger partial charge in [-0.1, -0.05) is 12.8 Å². The van der Waals surface area contributed by atoms with E-state index in [0.29, 0.717) is 11.6 Å². The quantitative estimate of drug-likeness (QED) is 0.485. The monoisotopic (exact) mass is 397 g/mol. The van der Waals surface area contributed by atoms with E-state index in [1.807, 2.05) is 11.9 Å². The minimum absolute atomic E-state index is 0.0777. The van der Waals surface area contributed by atoms with Crippen molar-refractivity contribution < 1.29 is 23.9 Å². The number of hydrogen-bond acceptors (Lipinski definition) is 7. The topological polar surface area (TPSA) is 111 Å². The van der Waals surface area contributed by atoms with Gasteiger partial charge >= 0.3 is 5.97 Å². The number of hydrogen-bond donors (Lipinski definition) is 2. The summed E-state index contributed by atoms with van der Waals surface area (Å²) in [5.41, 5.74) is 5.97. The van der Waals surface area contributed by atoms with Gasteiger partial charge in [0, 0.05) is 13.2 Å². The number of nitrogens with zero attached hydrogens (tertiary/aromatic N) is 1. The normalized spacial score (nSPS) is 14.5. The molecule has 1 aromatic heterocycles. The average molecular weight is 397 g/mol. The molecule has 1 fully saturated rings. The van der Waals surface area contributed by atoms with Gasteiger partial charge in [0.25, 0.3) is 5.91 Å². The number of nitrogens with one attached hydrogen (secondary N) is 1. The second-order valence-electron chi connectivity index (χ2n) is 6.65. The summed E-state index contributed by atoms with van der Waals surface area (Å²) in [5, 5.41) is 3.04. The third-order valence-corrected chi connectivity index (χ3v) is 5.91. The van der Waals surface area contributed by atoms with Crippen LogP contribution in [0.25, 0.3) is 0 Å². The minimum atomic E-state index is -0.646. The molecule has 8 nitrogen and oxygen atoms in total. The molecule has 1 aliphatic rings. The number of thiophene rings is 1. The van der Waals surface area contributed by atoms with Crippen molar-refractivity contribution in [3.8, 4) is 0 Å². The van der Waals surface area contributed by atoms with Gasteiger partial charge < -0.3 is 20.5 Å². The Hall–Kier alpha value is -1.97. The van der Waals surface area contributed by atoms with E-state index < -0.39 is 11.9 Å². The number of ether oxygens (including phenoxy) is 2. The van der Waals surface area contributed by atoms with Crippen LogP contribution in [0.3, 0.4) is 0 Å². The Morgan fingerprint density at radius 3 is 2.52 bits per heavy atom. The predicted octanol–water partition coefficient (Wildman–Crippen LogP) is 1.77. The Balaban J connectivity index is 2.13. The molecule has 0 unspecified atom stereocenters. The molecule has 0 aromatic carbocycles. The molecule has 1 aliphatic carbocycles. The van der Waals surface area contributed by atoms with Gasteiger partial charge in [-0.3, -0.25) is 14.5 Å². The number of esters is 1. The second-order valence-corrected chi connectivity index (χ2v) is 7.68. The smallest absolute Gasteiger partial charge is 0.341 e. The second kappa shape index (κ2) is 9.82. The zero-order valence-corrected chi connectivity index (χ0v) is 16.8. The van der Waals surface area contributed by atoms with Crippen molar-refractivity contribution in [1.29, 1.82) is 0 Å². The van der Waals surface area contributed by atoms with E-state index in [9.17, 15) is 14.4 Å². The van der Waals surface area contributed by atoms with Crippen LogP contribution in [-0.4, -0.2) is 62.6 Å². The first kappa shape index (κ1) is 21.3. The standard InChI is InChI=1S/C18H27N3O5S/c1-11-14(18(24)26-9-8-25-3)17(27-15(11)16(19)23)20-13(22)10-21(2)12-6-4-5-7-12/h12H,4-10H2,1-3H3,(H2,19,23)(H,20,22). The molecule has 0 spiro atoms. The highest BCUT2D eigenvalue weighted by molar-refractivity contribution is 7.18. The summed E-state index contributed by atoms with van der Waals surface area (Å²) < 4.78 is 10.0. The highest BCUT2D eigenvalue weighted by Crippen LogP contribution is 2.33. The maximum Gasteiger partial charge on any atom is 0.341 e. The predicted molar refractivity (Wildman–Crippen MR) is 103 cm³/mol. The third kappa shape index (κ3) is 5.50. The summed E-state index contributed by atoms with van der Waals surface area (Å²) in [6, 6.07) is 0.403. The largest absolute Gasteiger partial charge is 0.460 e. The van der Waals surface area contributed by atoms with E-state index in [1.165, 1.54) is 20.0 Å². The minimum Gasteiger partial charge on any atom is -0.460 e. The lowest BCUT2D eigenvalue weighted by Gasteiger charge is -2.23. The molecular formula is C18H27N3O5S. The van der Waals surface area contributed by atoms with E-state index in [0.717, 1.165) is 24.2 Å². The van der Waals surface area contributed by atoms with Crippen LogP contribution in [0.1, 0.15) is 51.3 Å². The van der Waals surface area contributed by atoms with Crippen molar-refractivity contribution >= 4 is 34.1 Å². The Bertz CT molecular complexity index is 697. The molecule has 0 atom stereocenters. The molecule has 0 radical (unpaired) electrons. The Kier molecular flexibility index (Phi) is 7.76. The molecule has 27 heavy (non-hydrogen) atoms. The molecule has 1 heterocycles. The number of carbonyl (C=O) groups is 3. The number of carbonyl (C=O) groups excluding carboxylic acids is 3. The number of methoxy groups -OCH3 is 1. The van der Waals surface area contributed by atoms with Crippen LogP contribution in [0.5, 0.6) is 0 Å². The van der Waals surface area contributed by atoms with Crippen LogP contribution in [0.4, 0.5) is 5.00 Å². The number of primary amides is 1. The molecule has 9 heteroatoms. The lowest BCUT2D eigenvalue weighted by Crippen LogP contribution is -2.36. The van der Waals surface area contributed by atoms with E-state index in [4.69, 9.17) is 15.2 Å². The Morgan fingerprint density at radius 2 is 1.93 bits per heavy atom. The van der Waals surface area contributed by atoms with Crippen LogP contribution in [0.2, 0.25) is 0 Å². The number of rotatable bonds is 9. The molecular weight excluding hydrogens is 370 g/mol. The van der Waals surface area contributed by atoms with Gasteiger partial charge in [-0.25, -0.2) is 4.79 Å². The van der Waals surface area contributed by atoms with E-state index >= 15 is 0 Å². The first-order valence-electron chi connectivity index (χ1n) is 8.94. The zero-order chi connectivity index (χ0) is 20.0. The highest BCUT2D eigenvalue weighted by Gasteiger charge is 2.27. The molecule has 0 aliphatic heterocycles. The molecule has 0 saturated heterocycles. The van der Waals surface area contributed by atoms with E-state index in [-0.39, 0.29) is 41.1 Å². The summed E-state index contributed by atoms with van der Waals surface area (Å²) in [6.45, 7) is 2.16. The number of anilines is 1. The van der Waals surface area contributed by atoms with Crippen LogP contribution < -0.4 is 11.1 Å². The third-order valence-electron chi connectivity index (χ3n) is 4.69. The molecule has 2 rings (SSSR count). The molecule has 150 valence electrons. The van der Waals surface area contributed by atoms with Gasteiger partial charge in [0.2, 0.25) is 5.91 Å². The highest BCUT2D eigenvalue weighted by atomic mass is 32.1. The van der Waals surface area contributed by atoms with Crippen LogP contribution in [0, 0.1) is 6.92 Å². The fraction of sp³-hybridized carbons (Fsp3) is 0.611. The van der Waals surface area contributed by atoms with Gasteiger partial charge in [-0.15, -0.1) is 11.3 Å². The van der Waals surface area contributed by atoms with Crippen LogP contribution in [0.15, 0.2) is 0 Å². The SMILES string of the molecule is COCCOC(=O)c1c(NC(=O)CN(C)C2CCCC2)sc(C(N)=O)c1C. The van der Waals surface area contributed by atoms with Crippen LogP contribution in [-0.2, 0) is 14.3 Å². The van der Waals surface area contributed by atoms with Gasteiger partial charge in [-0.2, -0.15) is 0 Å². The Labute approximate surface area is 163 Å². The fourth-order valence-corrected chi connectivity index (χ4v) is 4.30. The van der Waals surface area contributed by atoms with Crippen molar-refractivity contribution in [3.63, 3.8) is 0 Å². The molecule has 1 saturated carbocycles. The average Bonchev–Trinajstić information content (AvgIpc) is 3.23. The van der Waals surface area contributed by atoms with Crippen LogP contribution >= 0.6 is 11.3 Å². The summed E-state index contributed by atoms with van der Waals surface area (Å²) in [6.07, 6.45) is 4.54. The maximum absolute atomic E-state index is 12.5. The lowest BCUT2D eigenvalue weighted by atomic mass is 10.1.